The van der Waals surface area contributed by atoms with Gasteiger partial charge in [-0.3, -0.25) is 4.79 Å². The maximum Gasteiger partial charge on any atom is 0.161 e. The van der Waals surface area contributed by atoms with Gasteiger partial charge in [0.2, 0.25) is 0 Å². The first-order valence-electron chi connectivity index (χ1n) is 8.38. The number of hydrogen-bond acceptors (Lipinski definition) is 1. The Morgan fingerprint density at radius 1 is 1.05 bits per heavy atom. The van der Waals surface area contributed by atoms with Gasteiger partial charge in [-0.05, 0) is 30.9 Å². The summed E-state index contributed by atoms with van der Waals surface area (Å²) in [5.74, 6) is 0.350. The van der Waals surface area contributed by atoms with E-state index in [2.05, 4.69) is 25.6 Å². The Balaban J connectivity index is 2.46. The van der Waals surface area contributed by atoms with E-state index < -0.39 is 0 Å². The fourth-order valence-corrected chi connectivity index (χ4v) is 2.74. The van der Waals surface area contributed by atoms with Crippen LogP contribution >= 0.6 is 0 Å². The number of benzene rings is 1. The van der Waals surface area contributed by atoms with Gasteiger partial charge in [0.05, 0.1) is 0 Å². The lowest BCUT2D eigenvalue weighted by atomic mass is 9.87. The van der Waals surface area contributed by atoms with Gasteiger partial charge < -0.3 is 0 Å². The lowest BCUT2D eigenvalue weighted by Crippen LogP contribution is -2.18. The van der Waals surface area contributed by atoms with Gasteiger partial charge in [0, 0.05) is 5.92 Å². The monoisotopic (exact) mass is 286 g/mol. The lowest BCUT2D eigenvalue weighted by Gasteiger charge is -2.16. The minimum atomic E-state index is 0.107. The Morgan fingerprint density at radius 3 is 2.29 bits per heavy atom. The van der Waals surface area contributed by atoms with E-state index in [1.54, 1.807) is 0 Å². The molecule has 0 amide bonds. The molecular weight excluding hydrogens is 256 g/mol. The van der Waals surface area contributed by atoms with E-state index in [1.165, 1.54) is 37.7 Å². The van der Waals surface area contributed by atoms with Crippen molar-refractivity contribution in [3.63, 3.8) is 0 Å². The summed E-state index contributed by atoms with van der Waals surface area (Å²) in [4.78, 5) is 12.3. The van der Waals surface area contributed by atoms with E-state index in [9.17, 15) is 4.79 Å². The number of Topliss-reactive ketones (excluding diaryl/α,β-unsaturated/α-hetero) is 1. The highest BCUT2D eigenvalue weighted by Crippen LogP contribution is 2.20. The molecule has 0 saturated heterocycles. The predicted octanol–water partition coefficient (Wildman–Crippen LogP) is 5.74. The van der Waals surface area contributed by atoms with Crippen LogP contribution in [-0.4, -0.2) is 5.78 Å². The molecule has 0 aliphatic carbocycles. The molecule has 1 rings (SSSR count). The van der Waals surface area contributed by atoms with Crippen molar-refractivity contribution in [2.24, 2.45) is 5.92 Å². The molecule has 0 bridgehead atoms. The first-order valence-corrected chi connectivity index (χ1v) is 8.38. The predicted molar refractivity (Wildman–Crippen MR) is 91.5 cm³/mol. The number of allylic oxidation sites excluding steroid dienone is 1. The van der Waals surface area contributed by atoms with Crippen molar-refractivity contribution < 1.29 is 4.79 Å². The molecule has 0 aromatic heterocycles. The summed E-state index contributed by atoms with van der Waals surface area (Å²) in [6.07, 6.45) is 9.48. The second-order valence-electron chi connectivity index (χ2n) is 6.09. The Hall–Kier alpha value is -1.37. The molecule has 1 unspecified atom stereocenters. The van der Waals surface area contributed by atoms with E-state index in [1.807, 2.05) is 25.1 Å². The third-order valence-electron chi connectivity index (χ3n) is 4.02. The highest BCUT2D eigenvalue weighted by Gasteiger charge is 2.18. The van der Waals surface area contributed by atoms with Crippen LogP contribution in [0.4, 0.5) is 0 Å². The standard InChI is InChI=1S/C20H30O/c1-4-5-6-7-8-12-15-19(20(21)17(2)3)16-18-13-10-9-11-14-18/h9-11,13-14,19H,2,4-8,12,15-16H2,1,3H3. The number of rotatable bonds is 11. The molecule has 1 aromatic rings. The summed E-state index contributed by atoms with van der Waals surface area (Å²) in [6.45, 7) is 7.91. The van der Waals surface area contributed by atoms with E-state index in [0.717, 1.165) is 19.3 Å². The maximum atomic E-state index is 12.3. The Bertz CT molecular complexity index is 419. The summed E-state index contributed by atoms with van der Waals surface area (Å²) in [5.41, 5.74) is 1.95. The van der Waals surface area contributed by atoms with Crippen LogP contribution in [0.3, 0.4) is 0 Å². The summed E-state index contributed by atoms with van der Waals surface area (Å²) in [6, 6.07) is 10.3. The minimum Gasteiger partial charge on any atom is -0.294 e. The second-order valence-corrected chi connectivity index (χ2v) is 6.09. The summed E-state index contributed by atoms with van der Waals surface area (Å²) >= 11 is 0. The van der Waals surface area contributed by atoms with Gasteiger partial charge in [0.15, 0.2) is 5.78 Å². The SMILES string of the molecule is C=C(C)C(=O)C(CCCCCCCC)Cc1ccccc1. The maximum absolute atomic E-state index is 12.3. The number of hydrogen-bond donors (Lipinski definition) is 0. The Labute approximate surface area is 130 Å². The van der Waals surface area contributed by atoms with Crippen LogP contribution in [0.1, 0.15) is 64.4 Å². The largest absolute Gasteiger partial charge is 0.294 e. The fraction of sp³-hybridized carbons (Fsp3) is 0.550. The minimum absolute atomic E-state index is 0.107. The summed E-state index contributed by atoms with van der Waals surface area (Å²) in [7, 11) is 0. The normalized spacial score (nSPS) is 12.1. The smallest absolute Gasteiger partial charge is 0.161 e. The lowest BCUT2D eigenvalue weighted by molar-refractivity contribution is -0.119. The molecule has 0 aliphatic heterocycles. The van der Waals surface area contributed by atoms with Crippen LogP contribution in [0.25, 0.3) is 0 Å². The number of carbonyl (C=O) groups excluding carboxylic acids is 1. The zero-order valence-electron chi connectivity index (χ0n) is 13.7. The van der Waals surface area contributed by atoms with Crippen molar-refractivity contribution >= 4 is 5.78 Å². The van der Waals surface area contributed by atoms with Crippen LogP contribution in [0.2, 0.25) is 0 Å². The van der Waals surface area contributed by atoms with Crippen molar-refractivity contribution in [1.82, 2.24) is 0 Å². The molecule has 0 heterocycles. The van der Waals surface area contributed by atoms with Crippen molar-refractivity contribution in [3.8, 4) is 0 Å². The van der Waals surface area contributed by atoms with Gasteiger partial charge in [-0.2, -0.15) is 0 Å². The van der Waals surface area contributed by atoms with E-state index >= 15 is 0 Å². The van der Waals surface area contributed by atoms with Crippen molar-refractivity contribution in [2.75, 3.05) is 0 Å². The zero-order valence-corrected chi connectivity index (χ0v) is 13.7. The topological polar surface area (TPSA) is 17.1 Å². The summed E-state index contributed by atoms with van der Waals surface area (Å²) in [5, 5.41) is 0. The zero-order chi connectivity index (χ0) is 15.5. The Kier molecular flexibility index (Phi) is 8.73. The number of unbranched alkanes of at least 4 members (excludes halogenated alkanes) is 5. The first-order chi connectivity index (χ1) is 10.1. The average Bonchev–Trinajstić information content (AvgIpc) is 2.49. The van der Waals surface area contributed by atoms with E-state index in [-0.39, 0.29) is 11.7 Å². The van der Waals surface area contributed by atoms with Crippen molar-refractivity contribution in [3.05, 3.63) is 48.0 Å². The number of carbonyl (C=O) groups is 1. The first kappa shape index (κ1) is 17.7. The van der Waals surface area contributed by atoms with E-state index in [0.29, 0.717) is 5.57 Å². The molecule has 1 aromatic carbocycles. The molecule has 0 radical (unpaired) electrons. The molecule has 0 fully saturated rings. The van der Waals surface area contributed by atoms with Crippen LogP contribution in [0.15, 0.2) is 42.5 Å². The molecule has 0 spiro atoms. The van der Waals surface area contributed by atoms with Crippen molar-refractivity contribution in [1.29, 1.82) is 0 Å². The third kappa shape index (κ3) is 7.27. The van der Waals surface area contributed by atoms with Gasteiger partial charge in [-0.15, -0.1) is 0 Å². The molecule has 1 atom stereocenters. The highest BCUT2D eigenvalue weighted by molar-refractivity contribution is 5.96. The van der Waals surface area contributed by atoms with E-state index in [4.69, 9.17) is 0 Å². The highest BCUT2D eigenvalue weighted by atomic mass is 16.1. The molecule has 116 valence electrons. The summed E-state index contributed by atoms with van der Waals surface area (Å²) < 4.78 is 0. The molecular formula is C20H30O. The van der Waals surface area contributed by atoms with Gasteiger partial charge >= 0.3 is 0 Å². The number of ketones is 1. The molecule has 0 aliphatic rings. The molecule has 1 heteroatoms. The Morgan fingerprint density at radius 2 is 1.67 bits per heavy atom. The third-order valence-corrected chi connectivity index (χ3v) is 4.02. The average molecular weight is 286 g/mol. The second kappa shape index (κ2) is 10.4. The van der Waals surface area contributed by atoms with Crippen LogP contribution in [-0.2, 0) is 11.2 Å². The van der Waals surface area contributed by atoms with Crippen LogP contribution in [0.5, 0.6) is 0 Å². The fourth-order valence-electron chi connectivity index (χ4n) is 2.74. The van der Waals surface area contributed by atoms with Crippen LogP contribution < -0.4 is 0 Å². The molecule has 0 N–H and O–H groups in total. The molecule has 0 saturated carbocycles. The quantitative estimate of drug-likeness (QED) is 0.374. The van der Waals surface area contributed by atoms with Gasteiger partial charge in [0.1, 0.15) is 0 Å². The van der Waals surface area contributed by atoms with Gasteiger partial charge in [-0.1, -0.05) is 82.4 Å². The van der Waals surface area contributed by atoms with Gasteiger partial charge in [0.25, 0.3) is 0 Å². The molecule has 21 heavy (non-hydrogen) atoms. The molecule has 1 nitrogen and oxygen atoms in total. The van der Waals surface area contributed by atoms with Crippen LogP contribution in [0, 0.1) is 5.92 Å². The van der Waals surface area contributed by atoms with Gasteiger partial charge in [-0.25, -0.2) is 0 Å². The van der Waals surface area contributed by atoms with Crippen molar-refractivity contribution in [2.45, 2.75) is 65.2 Å².